The summed E-state index contributed by atoms with van der Waals surface area (Å²) >= 11 is 6.18. The van der Waals surface area contributed by atoms with Crippen LogP contribution >= 0.6 is 11.6 Å². The zero-order chi connectivity index (χ0) is 14.4. The van der Waals surface area contributed by atoms with Gasteiger partial charge in [0, 0.05) is 24.6 Å². The molecule has 0 fully saturated rings. The number of fused-ring (bicyclic) bond motifs is 1. The first-order valence-electron chi connectivity index (χ1n) is 6.92. The first-order valence-corrected chi connectivity index (χ1v) is 7.30. The molecule has 1 heterocycles. The molecular weight excluding hydrogens is 278 g/mol. The number of nitrogens with one attached hydrogen (secondary N) is 1. The smallest absolute Gasteiger partial charge is 0.125 e. The Labute approximate surface area is 125 Å². The molecule has 1 N–H and O–H groups in total. The first kappa shape index (κ1) is 15.6. The Morgan fingerprint density at radius 1 is 1.40 bits per heavy atom. The second kappa shape index (κ2) is 7.84. The van der Waals surface area contributed by atoms with Crippen LogP contribution in [0.25, 0.3) is 0 Å². The molecule has 0 saturated heterocycles. The molecule has 112 valence electrons. The second-order valence-electron chi connectivity index (χ2n) is 4.91. The normalized spacial score (nSPS) is 14.9. The molecule has 0 radical (unpaired) electrons. The van der Waals surface area contributed by atoms with E-state index in [0.717, 1.165) is 35.8 Å². The van der Waals surface area contributed by atoms with Crippen molar-refractivity contribution in [1.29, 1.82) is 0 Å². The van der Waals surface area contributed by atoms with Gasteiger partial charge in [0.15, 0.2) is 0 Å². The lowest BCUT2D eigenvalue weighted by Gasteiger charge is -2.18. The van der Waals surface area contributed by atoms with Crippen LogP contribution in [0, 0.1) is 0 Å². The van der Waals surface area contributed by atoms with E-state index in [4.69, 9.17) is 25.8 Å². The Hall–Kier alpha value is -0.810. The van der Waals surface area contributed by atoms with Gasteiger partial charge in [0.25, 0.3) is 0 Å². The van der Waals surface area contributed by atoms with Gasteiger partial charge in [-0.2, -0.15) is 0 Å². The number of hydrogen-bond acceptors (Lipinski definition) is 4. The number of hydrogen-bond donors (Lipinski definition) is 1. The van der Waals surface area contributed by atoms with Crippen molar-refractivity contribution in [2.24, 2.45) is 0 Å². The number of benzene rings is 1. The van der Waals surface area contributed by atoms with Gasteiger partial charge in [-0.1, -0.05) is 11.6 Å². The lowest BCUT2D eigenvalue weighted by atomic mass is 10.0. The minimum Gasteiger partial charge on any atom is -0.493 e. The van der Waals surface area contributed by atoms with Crippen LogP contribution in [-0.4, -0.2) is 46.6 Å². The fraction of sp³-hybridized carbons (Fsp3) is 0.600. The maximum Gasteiger partial charge on any atom is 0.125 e. The maximum absolute atomic E-state index is 6.18. The highest BCUT2D eigenvalue weighted by Crippen LogP contribution is 2.33. The summed E-state index contributed by atoms with van der Waals surface area (Å²) in [5.41, 5.74) is 2.36. The lowest BCUT2D eigenvalue weighted by molar-refractivity contribution is 0.0597. The number of ether oxygens (including phenoxy) is 3. The van der Waals surface area contributed by atoms with Gasteiger partial charge >= 0.3 is 0 Å². The number of halogens is 1. The van der Waals surface area contributed by atoms with E-state index in [-0.39, 0.29) is 6.04 Å². The van der Waals surface area contributed by atoms with E-state index in [0.29, 0.717) is 19.8 Å². The summed E-state index contributed by atoms with van der Waals surface area (Å²) in [7, 11) is 3.61. The van der Waals surface area contributed by atoms with Crippen molar-refractivity contribution in [1.82, 2.24) is 5.32 Å². The van der Waals surface area contributed by atoms with Gasteiger partial charge in [-0.3, -0.25) is 0 Å². The van der Waals surface area contributed by atoms with Crippen molar-refractivity contribution in [2.45, 2.75) is 18.9 Å². The third kappa shape index (κ3) is 4.09. The van der Waals surface area contributed by atoms with Gasteiger partial charge in [-0.05, 0) is 36.7 Å². The van der Waals surface area contributed by atoms with Crippen LogP contribution < -0.4 is 10.1 Å². The molecule has 1 atom stereocenters. The van der Waals surface area contributed by atoms with Crippen molar-refractivity contribution in [2.75, 3.05) is 40.6 Å². The summed E-state index contributed by atoms with van der Waals surface area (Å²) in [4.78, 5) is 0. The maximum atomic E-state index is 6.18. The summed E-state index contributed by atoms with van der Waals surface area (Å²) < 4.78 is 16.3. The highest BCUT2D eigenvalue weighted by molar-refractivity contribution is 6.30. The van der Waals surface area contributed by atoms with E-state index in [2.05, 4.69) is 5.32 Å². The Kier molecular flexibility index (Phi) is 6.10. The van der Waals surface area contributed by atoms with E-state index < -0.39 is 0 Å². The predicted octanol–water partition coefficient (Wildman–Crippen LogP) is 2.07. The molecule has 0 aliphatic carbocycles. The van der Waals surface area contributed by atoms with E-state index in [1.54, 1.807) is 7.11 Å². The molecule has 20 heavy (non-hydrogen) atoms. The van der Waals surface area contributed by atoms with Gasteiger partial charge in [0.2, 0.25) is 0 Å². The minimum absolute atomic E-state index is 0.235. The van der Waals surface area contributed by atoms with Crippen LogP contribution in [0.3, 0.4) is 0 Å². The van der Waals surface area contributed by atoms with Crippen LogP contribution in [0.15, 0.2) is 12.1 Å². The van der Waals surface area contributed by atoms with Crippen molar-refractivity contribution in [3.63, 3.8) is 0 Å². The second-order valence-corrected chi connectivity index (χ2v) is 5.35. The van der Waals surface area contributed by atoms with Crippen LogP contribution in [0.4, 0.5) is 0 Å². The first-order chi connectivity index (χ1) is 9.74. The average molecular weight is 300 g/mol. The monoisotopic (exact) mass is 299 g/mol. The highest BCUT2D eigenvalue weighted by Gasteiger charge is 2.19. The Balaban J connectivity index is 1.97. The molecular formula is C15H22ClNO3. The molecule has 0 bridgehead atoms. The number of methoxy groups -OCH3 is 1. The Morgan fingerprint density at radius 2 is 2.25 bits per heavy atom. The largest absolute Gasteiger partial charge is 0.493 e. The van der Waals surface area contributed by atoms with E-state index in [1.807, 2.05) is 19.2 Å². The zero-order valence-corrected chi connectivity index (χ0v) is 12.8. The predicted molar refractivity (Wildman–Crippen MR) is 79.9 cm³/mol. The minimum atomic E-state index is 0.235. The Morgan fingerprint density at radius 3 is 3.00 bits per heavy atom. The van der Waals surface area contributed by atoms with E-state index in [1.165, 1.54) is 5.56 Å². The van der Waals surface area contributed by atoms with Crippen LogP contribution in [0.2, 0.25) is 5.02 Å². The van der Waals surface area contributed by atoms with Gasteiger partial charge in [-0.25, -0.2) is 0 Å². The van der Waals surface area contributed by atoms with Gasteiger partial charge in [-0.15, -0.1) is 0 Å². The summed E-state index contributed by atoms with van der Waals surface area (Å²) in [6.45, 7) is 2.61. The van der Waals surface area contributed by atoms with E-state index >= 15 is 0 Å². The van der Waals surface area contributed by atoms with Gasteiger partial charge < -0.3 is 19.5 Å². The quantitative estimate of drug-likeness (QED) is 0.746. The summed E-state index contributed by atoms with van der Waals surface area (Å²) in [6, 6.07) is 4.22. The fourth-order valence-corrected chi connectivity index (χ4v) is 2.64. The molecule has 0 aromatic heterocycles. The summed E-state index contributed by atoms with van der Waals surface area (Å²) in [6.07, 6.45) is 1.78. The molecule has 2 rings (SSSR count). The van der Waals surface area contributed by atoms with Crippen molar-refractivity contribution in [3.05, 3.63) is 28.3 Å². The molecule has 1 aliphatic heterocycles. The molecule has 1 aromatic carbocycles. The third-order valence-corrected chi connectivity index (χ3v) is 3.67. The van der Waals surface area contributed by atoms with Crippen LogP contribution in [0.1, 0.15) is 11.1 Å². The molecule has 1 aromatic rings. The molecule has 0 amide bonds. The zero-order valence-electron chi connectivity index (χ0n) is 12.1. The number of rotatable bonds is 8. The molecule has 1 aliphatic rings. The van der Waals surface area contributed by atoms with Gasteiger partial charge in [0.1, 0.15) is 5.75 Å². The third-order valence-electron chi connectivity index (χ3n) is 3.45. The van der Waals surface area contributed by atoms with Crippen LogP contribution in [0.5, 0.6) is 5.75 Å². The van der Waals surface area contributed by atoms with Crippen molar-refractivity contribution < 1.29 is 14.2 Å². The molecule has 1 unspecified atom stereocenters. The highest BCUT2D eigenvalue weighted by atomic mass is 35.5. The lowest BCUT2D eigenvalue weighted by Crippen LogP contribution is -2.33. The summed E-state index contributed by atoms with van der Waals surface area (Å²) in [5.74, 6) is 1.01. The van der Waals surface area contributed by atoms with E-state index in [9.17, 15) is 0 Å². The standard InChI is InChI=1S/C15H22ClNO3/c1-17-14(10-19-6-5-18-2)9-12-8-13(16)7-11-3-4-20-15(11)12/h7-8,14,17H,3-6,9-10H2,1-2H3. The SMILES string of the molecule is CNC(COCCOC)Cc1cc(Cl)cc2c1OCC2. The van der Waals surface area contributed by atoms with Crippen LogP contribution in [-0.2, 0) is 22.3 Å². The topological polar surface area (TPSA) is 39.7 Å². The van der Waals surface area contributed by atoms with Crippen molar-refractivity contribution >= 4 is 11.6 Å². The average Bonchev–Trinajstić information content (AvgIpc) is 2.90. The fourth-order valence-electron chi connectivity index (χ4n) is 2.38. The van der Waals surface area contributed by atoms with Crippen molar-refractivity contribution in [3.8, 4) is 5.75 Å². The Bertz CT molecular complexity index is 439. The number of likely N-dealkylation sites (N-methyl/N-ethyl adjacent to an activating group) is 1. The molecule has 5 heteroatoms. The molecule has 0 saturated carbocycles. The molecule has 4 nitrogen and oxygen atoms in total. The molecule has 0 spiro atoms. The van der Waals surface area contributed by atoms with Gasteiger partial charge in [0.05, 0.1) is 26.4 Å². The summed E-state index contributed by atoms with van der Waals surface area (Å²) in [5, 5.41) is 4.05.